The minimum Gasteiger partial charge on any atom is -0.310 e. The van der Waals surface area contributed by atoms with Crippen molar-refractivity contribution in [3.63, 3.8) is 0 Å². The number of aryl methyl sites for hydroxylation is 1. The Morgan fingerprint density at radius 1 is 1.12 bits per heavy atom. The molecule has 2 rings (SSSR count). The largest absolute Gasteiger partial charge is 0.310 e. The maximum absolute atomic E-state index is 4.40. The van der Waals surface area contributed by atoms with Crippen LogP contribution in [0.5, 0.6) is 0 Å². The molecule has 2 aromatic heterocycles. The molecule has 0 fully saturated rings. The quantitative estimate of drug-likeness (QED) is 0.865. The lowest BCUT2D eigenvalue weighted by Crippen LogP contribution is -2.22. The van der Waals surface area contributed by atoms with Crippen molar-refractivity contribution in [2.75, 3.05) is 7.05 Å². The van der Waals surface area contributed by atoms with E-state index in [0.717, 1.165) is 17.9 Å². The Hall–Kier alpha value is -1.81. The third-order valence-electron chi connectivity index (χ3n) is 2.76. The van der Waals surface area contributed by atoms with Gasteiger partial charge in [0.25, 0.3) is 0 Å². The Balaban J connectivity index is 2.19. The third kappa shape index (κ3) is 2.85. The summed E-state index contributed by atoms with van der Waals surface area (Å²) in [4.78, 5) is 12.9. The van der Waals surface area contributed by atoms with Crippen LogP contribution in [0.25, 0.3) is 0 Å². The number of rotatable bonds is 4. The number of aromatic nitrogens is 3. The lowest BCUT2D eigenvalue weighted by atomic mass is 10.1. The molecule has 2 aromatic rings. The van der Waals surface area contributed by atoms with Crippen molar-refractivity contribution in [2.24, 2.45) is 0 Å². The highest BCUT2D eigenvalue weighted by Crippen LogP contribution is 2.14. The van der Waals surface area contributed by atoms with Crippen LogP contribution < -0.4 is 5.32 Å². The highest BCUT2D eigenvalue weighted by molar-refractivity contribution is 5.19. The van der Waals surface area contributed by atoms with E-state index < -0.39 is 0 Å². The molecule has 17 heavy (non-hydrogen) atoms. The number of likely N-dealkylation sites (N-methyl/N-ethyl adjacent to an activating group) is 1. The summed E-state index contributed by atoms with van der Waals surface area (Å²) >= 11 is 0. The zero-order valence-corrected chi connectivity index (χ0v) is 10.1. The molecule has 1 atom stereocenters. The molecule has 0 aliphatic carbocycles. The van der Waals surface area contributed by atoms with E-state index in [-0.39, 0.29) is 6.04 Å². The van der Waals surface area contributed by atoms with Crippen molar-refractivity contribution in [1.82, 2.24) is 20.3 Å². The van der Waals surface area contributed by atoms with Gasteiger partial charge in [-0.05, 0) is 31.7 Å². The highest BCUT2D eigenvalue weighted by Gasteiger charge is 2.14. The van der Waals surface area contributed by atoms with Gasteiger partial charge in [0.05, 0.1) is 6.04 Å². The predicted molar refractivity (Wildman–Crippen MR) is 66.5 cm³/mol. The number of pyridine rings is 1. The van der Waals surface area contributed by atoms with Crippen molar-refractivity contribution in [3.8, 4) is 0 Å². The Bertz CT molecular complexity index is 470. The van der Waals surface area contributed by atoms with E-state index in [0.29, 0.717) is 0 Å². The molecule has 2 heterocycles. The maximum atomic E-state index is 4.40. The predicted octanol–water partition coefficient (Wildman–Crippen LogP) is 1.68. The van der Waals surface area contributed by atoms with Gasteiger partial charge in [-0.1, -0.05) is 6.07 Å². The summed E-state index contributed by atoms with van der Waals surface area (Å²) in [5.74, 6) is 0.806. The minimum absolute atomic E-state index is 0.102. The van der Waals surface area contributed by atoms with Crippen molar-refractivity contribution in [3.05, 3.63) is 53.9 Å². The molecule has 1 unspecified atom stereocenters. The van der Waals surface area contributed by atoms with Crippen LogP contribution in [0.4, 0.5) is 0 Å². The molecular formula is C13H16N4. The standard InChI is InChI=1S/C13H16N4/c1-10-5-3-6-15-11(10)9-12(14-2)13-16-7-4-8-17-13/h3-8,12,14H,9H2,1-2H3. The van der Waals surface area contributed by atoms with Gasteiger partial charge in [-0.3, -0.25) is 4.98 Å². The fourth-order valence-corrected chi connectivity index (χ4v) is 1.74. The Labute approximate surface area is 101 Å². The van der Waals surface area contributed by atoms with Gasteiger partial charge in [0.2, 0.25) is 0 Å². The van der Waals surface area contributed by atoms with E-state index in [9.17, 15) is 0 Å². The average Bonchev–Trinajstić information content (AvgIpc) is 2.39. The first-order valence-electron chi connectivity index (χ1n) is 5.66. The number of hydrogen-bond donors (Lipinski definition) is 1. The molecule has 88 valence electrons. The third-order valence-corrected chi connectivity index (χ3v) is 2.76. The van der Waals surface area contributed by atoms with Crippen LogP contribution in [0.2, 0.25) is 0 Å². The molecule has 4 heteroatoms. The fraction of sp³-hybridized carbons (Fsp3) is 0.308. The molecule has 0 radical (unpaired) electrons. The SMILES string of the molecule is CNC(Cc1ncccc1C)c1ncccn1. The molecule has 0 spiro atoms. The van der Waals surface area contributed by atoms with E-state index >= 15 is 0 Å². The van der Waals surface area contributed by atoms with Gasteiger partial charge in [0, 0.05) is 30.7 Å². The van der Waals surface area contributed by atoms with Gasteiger partial charge < -0.3 is 5.32 Å². The minimum atomic E-state index is 0.102. The number of nitrogens with one attached hydrogen (secondary N) is 1. The Morgan fingerprint density at radius 2 is 1.82 bits per heavy atom. The van der Waals surface area contributed by atoms with Crippen LogP contribution in [0.15, 0.2) is 36.8 Å². The second kappa shape index (κ2) is 5.50. The highest BCUT2D eigenvalue weighted by atomic mass is 15.0. The monoisotopic (exact) mass is 228 g/mol. The van der Waals surface area contributed by atoms with Crippen LogP contribution in [0.3, 0.4) is 0 Å². The van der Waals surface area contributed by atoms with Crippen molar-refractivity contribution in [1.29, 1.82) is 0 Å². The van der Waals surface area contributed by atoms with E-state index in [1.807, 2.05) is 25.4 Å². The summed E-state index contributed by atoms with van der Waals surface area (Å²) in [6.07, 6.45) is 6.14. The lowest BCUT2D eigenvalue weighted by molar-refractivity contribution is 0.549. The molecule has 1 N–H and O–H groups in total. The molecule has 4 nitrogen and oxygen atoms in total. The fourth-order valence-electron chi connectivity index (χ4n) is 1.74. The summed E-state index contributed by atoms with van der Waals surface area (Å²) in [6, 6.07) is 5.94. The van der Waals surface area contributed by atoms with Crippen molar-refractivity contribution < 1.29 is 0 Å². The lowest BCUT2D eigenvalue weighted by Gasteiger charge is -2.14. The van der Waals surface area contributed by atoms with E-state index in [1.54, 1.807) is 12.4 Å². The van der Waals surface area contributed by atoms with Crippen LogP contribution in [-0.2, 0) is 6.42 Å². The molecule has 0 aromatic carbocycles. The maximum Gasteiger partial charge on any atom is 0.145 e. The first-order valence-corrected chi connectivity index (χ1v) is 5.66. The summed E-state index contributed by atoms with van der Waals surface area (Å²) in [6.45, 7) is 2.07. The second-order valence-corrected chi connectivity index (χ2v) is 3.92. The molecule has 0 aliphatic rings. The summed E-state index contributed by atoms with van der Waals surface area (Å²) in [7, 11) is 1.92. The van der Waals surface area contributed by atoms with Crippen LogP contribution in [0, 0.1) is 6.92 Å². The van der Waals surface area contributed by atoms with Gasteiger partial charge in [0.1, 0.15) is 5.82 Å². The number of hydrogen-bond acceptors (Lipinski definition) is 4. The smallest absolute Gasteiger partial charge is 0.145 e. The second-order valence-electron chi connectivity index (χ2n) is 3.92. The van der Waals surface area contributed by atoms with Crippen molar-refractivity contribution in [2.45, 2.75) is 19.4 Å². The van der Waals surface area contributed by atoms with Crippen LogP contribution in [-0.4, -0.2) is 22.0 Å². The molecular weight excluding hydrogens is 212 g/mol. The van der Waals surface area contributed by atoms with Gasteiger partial charge >= 0.3 is 0 Å². The van der Waals surface area contributed by atoms with E-state index in [4.69, 9.17) is 0 Å². The Morgan fingerprint density at radius 3 is 2.47 bits per heavy atom. The van der Waals surface area contributed by atoms with Gasteiger partial charge in [-0.15, -0.1) is 0 Å². The zero-order valence-electron chi connectivity index (χ0n) is 10.1. The first kappa shape index (κ1) is 11.7. The topological polar surface area (TPSA) is 50.7 Å². The van der Waals surface area contributed by atoms with E-state index in [1.165, 1.54) is 5.56 Å². The van der Waals surface area contributed by atoms with E-state index in [2.05, 4.69) is 33.3 Å². The van der Waals surface area contributed by atoms with Gasteiger partial charge in [0.15, 0.2) is 0 Å². The average molecular weight is 228 g/mol. The molecule has 0 saturated heterocycles. The summed E-state index contributed by atoms with van der Waals surface area (Å²) in [5, 5.41) is 3.23. The van der Waals surface area contributed by atoms with Crippen LogP contribution in [0.1, 0.15) is 23.1 Å². The van der Waals surface area contributed by atoms with Crippen molar-refractivity contribution >= 4 is 0 Å². The first-order chi connectivity index (χ1) is 8.31. The molecule has 0 aliphatic heterocycles. The molecule has 0 saturated carbocycles. The Kier molecular flexibility index (Phi) is 3.77. The zero-order chi connectivity index (χ0) is 12.1. The van der Waals surface area contributed by atoms with Crippen LogP contribution >= 0.6 is 0 Å². The van der Waals surface area contributed by atoms with Gasteiger partial charge in [-0.2, -0.15) is 0 Å². The number of nitrogens with zero attached hydrogens (tertiary/aromatic N) is 3. The summed E-state index contributed by atoms with van der Waals surface area (Å²) < 4.78 is 0. The molecule has 0 amide bonds. The van der Waals surface area contributed by atoms with Gasteiger partial charge in [-0.25, -0.2) is 9.97 Å². The summed E-state index contributed by atoms with van der Waals surface area (Å²) in [5.41, 5.74) is 2.28. The molecule has 0 bridgehead atoms. The normalized spacial score (nSPS) is 12.4.